The van der Waals surface area contributed by atoms with Crippen molar-refractivity contribution in [2.75, 3.05) is 11.5 Å². The first-order valence-electron chi connectivity index (χ1n) is 9.96. The Kier molecular flexibility index (Phi) is 10.4. The van der Waals surface area contributed by atoms with Crippen molar-refractivity contribution in [2.24, 2.45) is 0 Å². The molecule has 0 radical (unpaired) electrons. The number of hydrogen-bond donors (Lipinski definition) is 4. The Hall–Kier alpha value is -4.87. The van der Waals surface area contributed by atoms with E-state index < -0.39 is 34.1 Å². The van der Waals surface area contributed by atoms with E-state index in [0.29, 0.717) is 5.15 Å². The van der Waals surface area contributed by atoms with Gasteiger partial charge in [-0.3, -0.25) is 20.2 Å². The van der Waals surface area contributed by atoms with Crippen LogP contribution in [0.5, 0.6) is 0 Å². The van der Waals surface area contributed by atoms with Crippen molar-refractivity contribution in [3.63, 3.8) is 0 Å². The summed E-state index contributed by atoms with van der Waals surface area (Å²) >= 11 is 5.41. The van der Waals surface area contributed by atoms with Crippen LogP contribution in [0.25, 0.3) is 11.3 Å². The maximum absolute atomic E-state index is 13.5. The van der Waals surface area contributed by atoms with Gasteiger partial charge >= 0.3 is 7.12 Å². The summed E-state index contributed by atoms with van der Waals surface area (Å²) in [5.74, 6) is -1.31. The Labute approximate surface area is 217 Å². The molecular formula is C20H16BClF2N8O6. The SMILES string of the molecule is Nc1nccc(-c2cc([N+](=O)[O-])ccc2F)n1.Nc1nccc(Cl)n1.O=[N+]([O-])c1ccc(F)c(B(O)O)c1. The monoisotopic (exact) mass is 548 g/mol. The number of benzene rings is 2. The number of non-ortho nitro benzene ring substituents is 2. The predicted molar refractivity (Wildman–Crippen MR) is 133 cm³/mol. The molecule has 0 unspecified atom stereocenters. The molecule has 38 heavy (non-hydrogen) atoms. The summed E-state index contributed by atoms with van der Waals surface area (Å²) in [4.78, 5) is 34.1. The van der Waals surface area contributed by atoms with E-state index in [9.17, 15) is 29.0 Å². The molecule has 4 aromatic rings. The number of halogens is 3. The number of nitrogen functional groups attached to an aromatic ring is 2. The summed E-state index contributed by atoms with van der Waals surface area (Å²) in [7, 11) is -2.04. The molecule has 18 heteroatoms. The molecule has 2 aromatic carbocycles. The molecule has 2 aromatic heterocycles. The molecule has 0 spiro atoms. The number of hydrogen-bond acceptors (Lipinski definition) is 12. The van der Waals surface area contributed by atoms with Gasteiger partial charge in [0.05, 0.1) is 15.5 Å². The summed E-state index contributed by atoms with van der Waals surface area (Å²) < 4.78 is 26.3. The lowest BCUT2D eigenvalue weighted by atomic mass is 9.80. The zero-order chi connectivity index (χ0) is 28.4. The first kappa shape index (κ1) is 29.4. The van der Waals surface area contributed by atoms with Gasteiger partial charge in [0.15, 0.2) is 0 Å². The minimum Gasteiger partial charge on any atom is -0.423 e. The second-order valence-electron chi connectivity index (χ2n) is 6.80. The molecule has 0 aliphatic carbocycles. The molecule has 6 N–H and O–H groups in total. The third kappa shape index (κ3) is 8.66. The van der Waals surface area contributed by atoms with Gasteiger partial charge < -0.3 is 21.5 Å². The van der Waals surface area contributed by atoms with E-state index in [4.69, 9.17) is 33.1 Å². The highest BCUT2D eigenvalue weighted by molar-refractivity contribution is 6.58. The van der Waals surface area contributed by atoms with Gasteiger partial charge in [-0.25, -0.2) is 28.7 Å². The Morgan fingerprint density at radius 1 is 0.816 bits per heavy atom. The van der Waals surface area contributed by atoms with Gasteiger partial charge in [0.2, 0.25) is 11.9 Å². The molecule has 0 atom stereocenters. The van der Waals surface area contributed by atoms with Crippen LogP contribution in [0.15, 0.2) is 60.9 Å². The van der Waals surface area contributed by atoms with Gasteiger partial charge in [0, 0.05) is 47.7 Å². The lowest BCUT2D eigenvalue weighted by molar-refractivity contribution is -0.385. The molecule has 196 valence electrons. The van der Waals surface area contributed by atoms with E-state index in [2.05, 4.69) is 19.9 Å². The maximum Gasteiger partial charge on any atom is 0.491 e. The largest absolute Gasteiger partial charge is 0.491 e. The molecule has 14 nitrogen and oxygen atoms in total. The lowest BCUT2D eigenvalue weighted by Gasteiger charge is -2.02. The van der Waals surface area contributed by atoms with E-state index in [1.807, 2.05) is 0 Å². The predicted octanol–water partition coefficient (Wildman–Crippen LogP) is 1.90. The molecule has 0 amide bonds. The zero-order valence-electron chi connectivity index (χ0n) is 18.9. The smallest absolute Gasteiger partial charge is 0.423 e. The first-order chi connectivity index (χ1) is 17.9. The van der Waals surface area contributed by atoms with Crippen LogP contribution < -0.4 is 16.9 Å². The molecule has 0 saturated heterocycles. The molecular weight excluding hydrogens is 533 g/mol. The highest BCUT2D eigenvalue weighted by atomic mass is 35.5. The van der Waals surface area contributed by atoms with Crippen LogP contribution in [-0.4, -0.2) is 46.9 Å². The van der Waals surface area contributed by atoms with Crippen LogP contribution in [-0.2, 0) is 0 Å². The van der Waals surface area contributed by atoms with E-state index in [0.717, 1.165) is 36.4 Å². The van der Waals surface area contributed by atoms with Crippen molar-refractivity contribution < 1.29 is 28.7 Å². The summed E-state index contributed by atoms with van der Waals surface area (Å²) in [5, 5.41) is 38.4. The zero-order valence-corrected chi connectivity index (χ0v) is 19.6. The van der Waals surface area contributed by atoms with Gasteiger partial charge in [-0.05, 0) is 24.3 Å². The molecule has 0 fully saturated rings. The fourth-order valence-electron chi connectivity index (χ4n) is 2.54. The van der Waals surface area contributed by atoms with Gasteiger partial charge in [0.25, 0.3) is 11.4 Å². The van der Waals surface area contributed by atoms with Gasteiger partial charge in [-0.15, -0.1) is 0 Å². The molecule has 4 rings (SSSR count). The van der Waals surface area contributed by atoms with Crippen molar-refractivity contribution in [1.29, 1.82) is 0 Å². The van der Waals surface area contributed by atoms with Crippen LogP contribution in [0.4, 0.5) is 32.1 Å². The highest BCUT2D eigenvalue weighted by Gasteiger charge is 2.20. The number of nitrogens with zero attached hydrogens (tertiary/aromatic N) is 6. The third-order valence-corrected chi connectivity index (χ3v) is 4.43. The van der Waals surface area contributed by atoms with E-state index in [1.165, 1.54) is 18.5 Å². The number of nitro benzene ring substituents is 2. The first-order valence-corrected chi connectivity index (χ1v) is 10.3. The molecule has 2 heterocycles. The Morgan fingerprint density at radius 3 is 1.82 bits per heavy atom. The van der Waals surface area contributed by atoms with Crippen LogP contribution in [0.3, 0.4) is 0 Å². The van der Waals surface area contributed by atoms with Gasteiger partial charge in [-0.1, -0.05) is 11.6 Å². The normalized spacial score (nSPS) is 9.82. The van der Waals surface area contributed by atoms with E-state index in [1.54, 1.807) is 6.07 Å². The minimum atomic E-state index is -2.04. The molecule has 0 aliphatic heterocycles. The number of rotatable bonds is 4. The average Bonchev–Trinajstić information content (AvgIpc) is 2.85. The van der Waals surface area contributed by atoms with Crippen molar-refractivity contribution in [2.45, 2.75) is 0 Å². The molecule has 0 saturated carbocycles. The number of anilines is 2. The molecule has 0 bridgehead atoms. The summed E-state index contributed by atoms with van der Waals surface area (Å²) in [6.45, 7) is 0. The minimum absolute atomic E-state index is 0.0200. The second-order valence-corrected chi connectivity index (χ2v) is 7.18. The quantitative estimate of drug-likeness (QED) is 0.124. The van der Waals surface area contributed by atoms with Crippen LogP contribution >= 0.6 is 11.6 Å². The summed E-state index contributed by atoms with van der Waals surface area (Å²) in [6.07, 6.45) is 2.86. The third-order valence-electron chi connectivity index (χ3n) is 4.22. The number of nitrogens with two attached hydrogens (primary N) is 2. The second kappa shape index (κ2) is 13.4. The van der Waals surface area contributed by atoms with E-state index in [-0.39, 0.29) is 34.5 Å². The fraction of sp³-hybridized carbons (Fsp3) is 0. The maximum atomic E-state index is 13.5. The lowest BCUT2D eigenvalue weighted by Crippen LogP contribution is -2.32. The Bertz CT molecular complexity index is 1440. The van der Waals surface area contributed by atoms with Crippen molar-refractivity contribution in [3.8, 4) is 11.3 Å². The van der Waals surface area contributed by atoms with Crippen LogP contribution in [0.2, 0.25) is 5.15 Å². The number of aromatic nitrogens is 4. The number of nitro groups is 2. The standard InChI is InChI=1S/C10H7FN4O2.C6H5BFNO4.C4H4ClN3/c11-8-2-1-6(15(16)17)5-7(8)9-3-4-13-10(12)14-9;8-6-2-1-4(9(12)13)3-5(6)7(10)11;5-3-1-2-7-4(6)8-3/h1-5H,(H2,12,13,14);1-3,10-11H;1-2H,(H2,6,7,8). The summed E-state index contributed by atoms with van der Waals surface area (Å²) in [6, 6.07) is 8.75. The van der Waals surface area contributed by atoms with Crippen molar-refractivity contribution >= 4 is 47.5 Å². The van der Waals surface area contributed by atoms with Crippen LogP contribution in [0.1, 0.15) is 0 Å². The Morgan fingerprint density at radius 2 is 1.34 bits per heavy atom. The Balaban J connectivity index is 0.000000214. The van der Waals surface area contributed by atoms with Gasteiger partial charge in [0.1, 0.15) is 16.8 Å². The van der Waals surface area contributed by atoms with Crippen molar-refractivity contribution in [3.05, 3.63) is 97.9 Å². The van der Waals surface area contributed by atoms with E-state index >= 15 is 0 Å². The topological polar surface area (TPSA) is 230 Å². The highest BCUT2D eigenvalue weighted by Crippen LogP contribution is 2.25. The molecule has 0 aliphatic rings. The van der Waals surface area contributed by atoms with Crippen LogP contribution in [0, 0.1) is 31.9 Å². The fourth-order valence-corrected chi connectivity index (χ4v) is 2.68. The van der Waals surface area contributed by atoms with Crippen molar-refractivity contribution in [1.82, 2.24) is 19.9 Å². The average molecular weight is 549 g/mol. The summed E-state index contributed by atoms with van der Waals surface area (Å²) in [5.41, 5.74) is 9.65. The van der Waals surface area contributed by atoms with Gasteiger partial charge in [-0.2, -0.15) is 0 Å².